The SMILES string of the molecule is O=C(NCc1ccncc1)c1ccc(OC2CCN(Cc3cc4ccccc4o3)CC2)cc1. The number of furan rings is 1. The quantitative estimate of drug-likeness (QED) is 0.446. The monoisotopic (exact) mass is 441 g/mol. The van der Waals surface area contributed by atoms with E-state index in [9.17, 15) is 4.79 Å². The van der Waals surface area contributed by atoms with E-state index in [-0.39, 0.29) is 12.0 Å². The number of piperidine rings is 1. The third-order valence-electron chi connectivity index (χ3n) is 6.01. The number of hydrogen-bond donors (Lipinski definition) is 1. The number of nitrogens with zero attached hydrogens (tertiary/aromatic N) is 2. The molecule has 3 heterocycles. The Hall–Kier alpha value is -3.64. The maximum atomic E-state index is 12.4. The topological polar surface area (TPSA) is 67.6 Å². The highest BCUT2D eigenvalue weighted by Crippen LogP contribution is 2.23. The summed E-state index contributed by atoms with van der Waals surface area (Å²) in [7, 11) is 0. The third-order valence-corrected chi connectivity index (χ3v) is 6.01. The van der Waals surface area contributed by atoms with E-state index in [1.807, 2.05) is 54.6 Å². The number of carbonyl (C=O) groups excluding carboxylic acids is 1. The molecule has 6 nitrogen and oxygen atoms in total. The fourth-order valence-electron chi connectivity index (χ4n) is 4.18. The molecule has 0 bridgehead atoms. The first-order valence-corrected chi connectivity index (χ1v) is 11.4. The maximum absolute atomic E-state index is 12.4. The number of rotatable bonds is 7. The van der Waals surface area contributed by atoms with E-state index < -0.39 is 0 Å². The molecule has 0 radical (unpaired) electrons. The molecule has 0 atom stereocenters. The van der Waals surface area contributed by atoms with Crippen LogP contribution in [-0.4, -0.2) is 35.0 Å². The molecule has 33 heavy (non-hydrogen) atoms. The minimum atomic E-state index is -0.0998. The smallest absolute Gasteiger partial charge is 0.251 e. The summed E-state index contributed by atoms with van der Waals surface area (Å²) in [5, 5.41) is 4.08. The molecular formula is C27H27N3O3. The predicted octanol–water partition coefficient (Wildman–Crippen LogP) is 4.80. The summed E-state index contributed by atoms with van der Waals surface area (Å²) in [6.45, 7) is 3.24. The van der Waals surface area contributed by atoms with Crippen molar-refractivity contribution in [2.24, 2.45) is 0 Å². The van der Waals surface area contributed by atoms with Gasteiger partial charge in [-0.25, -0.2) is 0 Å². The van der Waals surface area contributed by atoms with Crippen LogP contribution in [0.1, 0.15) is 34.5 Å². The number of carbonyl (C=O) groups is 1. The largest absolute Gasteiger partial charge is 0.490 e. The average Bonchev–Trinajstić information content (AvgIpc) is 3.27. The molecule has 6 heteroatoms. The van der Waals surface area contributed by atoms with Crippen molar-refractivity contribution in [2.45, 2.75) is 32.0 Å². The number of nitrogens with one attached hydrogen (secondary N) is 1. The summed E-state index contributed by atoms with van der Waals surface area (Å²) in [5.74, 6) is 1.71. The number of amides is 1. The number of aromatic nitrogens is 1. The van der Waals surface area contributed by atoms with Gasteiger partial charge in [-0.1, -0.05) is 18.2 Å². The number of pyridine rings is 1. The molecule has 1 saturated heterocycles. The van der Waals surface area contributed by atoms with Crippen LogP contribution < -0.4 is 10.1 Å². The molecule has 1 amide bonds. The van der Waals surface area contributed by atoms with Gasteiger partial charge in [-0.2, -0.15) is 0 Å². The van der Waals surface area contributed by atoms with E-state index in [0.717, 1.165) is 60.5 Å². The molecule has 2 aromatic heterocycles. The van der Waals surface area contributed by atoms with Crippen LogP contribution in [0.25, 0.3) is 11.0 Å². The number of benzene rings is 2. The highest BCUT2D eigenvalue weighted by molar-refractivity contribution is 5.94. The van der Waals surface area contributed by atoms with Crippen molar-refractivity contribution in [3.05, 3.63) is 96.0 Å². The van der Waals surface area contributed by atoms with E-state index >= 15 is 0 Å². The van der Waals surface area contributed by atoms with E-state index in [2.05, 4.69) is 27.3 Å². The first-order chi connectivity index (χ1) is 16.2. The molecule has 5 rings (SSSR count). The Morgan fingerprint density at radius 1 is 1.03 bits per heavy atom. The van der Waals surface area contributed by atoms with Crippen molar-refractivity contribution in [2.75, 3.05) is 13.1 Å². The Bertz CT molecular complexity index is 1160. The fourth-order valence-corrected chi connectivity index (χ4v) is 4.18. The second-order valence-electron chi connectivity index (χ2n) is 8.41. The van der Waals surface area contributed by atoms with Crippen LogP contribution >= 0.6 is 0 Å². The zero-order chi connectivity index (χ0) is 22.5. The van der Waals surface area contributed by atoms with Crippen molar-refractivity contribution in [3.63, 3.8) is 0 Å². The van der Waals surface area contributed by atoms with Gasteiger partial charge in [0.15, 0.2) is 0 Å². The Morgan fingerprint density at radius 2 is 1.79 bits per heavy atom. The third kappa shape index (κ3) is 5.41. The fraction of sp³-hybridized carbons (Fsp3) is 0.259. The maximum Gasteiger partial charge on any atom is 0.251 e. The van der Waals surface area contributed by atoms with Gasteiger partial charge in [0.1, 0.15) is 23.2 Å². The minimum Gasteiger partial charge on any atom is -0.490 e. The summed E-state index contributed by atoms with van der Waals surface area (Å²) < 4.78 is 12.1. The molecule has 0 aliphatic carbocycles. The van der Waals surface area contributed by atoms with Crippen LogP contribution in [0.5, 0.6) is 5.75 Å². The van der Waals surface area contributed by atoms with Crippen molar-refractivity contribution in [3.8, 4) is 5.75 Å². The predicted molar refractivity (Wildman–Crippen MR) is 127 cm³/mol. The van der Waals surface area contributed by atoms with Gasteiger partial charge in [-0.05, 0) is 66.9 Å². The summed E-state index contributed by atoms with van der Waals surface area (Å²) in [6.07, 6.45) is 5.56. The Labute approximate surface area is 193 Å². The number of likely N-dealkylation sites (tertiary alicyclic amines) is 1. The standard InChI is InChI=1S/C27H27N3O3/c31-27(29-18-20-9-13-28-14-10-20)21-5-7-23(8-6-21)32-24-11-15-30(16-12-24)19-25-17-22-3-1-2-4-26(22)33-25/h1-10,13-14,17,24H,11-12,15-16,18-19H2,(H,29,31). The van der Waals surface area contributed by atoms with Gasteiger partial charge < -0.3 is 14.5 Å². The van der Waals surface area contributed by atoms with Crippen LogP contribution in [0.15, 0.2) is 83.5 Å². The van der Waals surface area contributed by atoms with Gasteiger partial charge in [-0.15, -0.1) is 0 Å². The molecule has 0 spiro atoms. The molecule has 1 N–H and O–H groups in total. The second-order valence-corrected chi connectivity index (χ2v) is 8.41. The molecule has 1 aliphatic heterocycles. The van der Waals surface area contributed by atoms with Crippen molar-refractivity contribution in [1.82, 2.24) is 15.2 Å². The zero-order valence-electron chi connectivity index (χ0n) is 18.4. The van der Waals surface area contributed by atoms with Crippen LogP contribution in [0.4, 0.5) is 0 Å². The number of ether oxygens (including phenoxy) is 1. The van der Waals surface area contributed by atoms with Crippen molar-refractivity contribution in [1.29, 1.82) is 0 Å². The molecule has 0 saturated carbocycles. The van der Waals surface area contributed by atoms with E-state index in [0.29, 0.717) is 12.1 Å². The first-order valence-electron chi connectivity index (χ1n) is 11.4. The Balaban J connectivity index is 1.08. The normalized spacial score (nSPS) is 14.9. The average molecular weight is 442 g/mol. The van der Waals surface area contributed by atoms with Gasteiger partial charge >= 0.3 is 0 Å². The van der Waals surface area contributed by atoms with Crippen molar-refractivity contribution < 1.29 is 13.9 Å². The summed E-state index contributed by atoms with van der Waals surface area (Å²) in [6, 6.07) is 21.4. The van der Waals surface area contributed by atoms with Crippen LogP contribution in [0.2, 0.25) is 0 Å². The zero-order valence-corrected chi connectivity index (χ0v) is 18.4. The molecule has 2 aromatic carbocycles. The van der Waals surface area contributed by atoms with E-state index in [1.54, 1.807) is 12.4 Å². The first kappa shape index (κ1) is 21.2. The van der Waals surface area contributed by atoms with Gasteiger partial charge in [0.05, 0.1) is 6.54 Å². The summed E-state index contributed by atoms with van der Waals surface area (Å²) in [4.78, 5) is 18.8. The highest BCUT2D eigenvalue weighted by Gasteiger charge is 2.21. The lowest BCUT2D eigenvalue weighted by atomic mass is 10.1. The van der Waals surface area contributed by atoms with E-state index in [1.165, 1.54) is 0 Å². The molecule has 168 valence electrons. The van der Waals surface area contributed by atoms with Crippen LogP contribution in [-0.2, 0) is 13.1 Å². The molecule has 0 unspecified atom stereocenters. The van der Waals surface area contributed by atoms with E-state index in [4.69, 9.17) is 9.15 Å². The highest BCUT2D eigenvalue weighted by atomic mass is 16.5. The minimum absolute atomic E-state index is 0.0998. The molecule has 1 aliphatic rings. The van der Waals surface area contributed by atoms with Crippen LogP contribution in [0.3, 0.4) is 0 Å². The van der Waals surface area contributed by atoms with Gasteiger partial charge in [0, 0.05) is 43.0 Å². The second kappa shape index (κ2) is 9.88. The van der Waals surface area contributed by atoms with Gasteiger partial charge in [-0.3, -0.25) is 14.7 Å². The lowest BCUT2D eigenvalue weighted by molar-refractivity contribution is 0.0929. The van der Waals surface area contributed by atoms with Crippen molar-refractivity contribution >= 4 is 16.9 Å². The number of para-hydroxylation sites is 1. The summed E-state index contributed by atoms with van der Waals surface area (Å²) >= 11 is 0. The number of fused-ring (bicyclic) bond motifs is 1. The van der Waals surface area contributed by atoms with Gasteiger partial charge in [0.25, 0.3) is 5.91 Å². The number of hydrogen-bond acceptors (Lipinski definition) is 5. The van der Waals surface area contributed by atoms with Crippen LogP contribution in [0, 0.1) is 0 Å². The molecule has 1 fully saturated rings. The Kier molecular flexibility index (Phi) is 6.35. The molecule has 4 aromatic rings. The lowest BCUT2D eigenvalue weighted by Gasteiger charge is -2.31. The molecular weight excluding hydrogens is 414 g/mol. The Morgan fingerprint density at radius 3 is 2.55 bits per heavy atom. The lowest BCUT2D eigenvalue weighted by Crippen LogP contribution is -2.37. The summed E-state index contributed by atoms with van der Waals surface area (Å²) in [5.41, 5.74) is 2.59. The van der Waals surface area contributed by atoms with Gasteiger partial charge in [0.2, 0.25) is 0 Å².